The molecule has 4 nitrogen and oxygen atoms in total. The fourth-order valence-corrected chi connectivity index (χ4v) is 4.14. The lowest BCUT2D eigenvalue weighted by atomic mass is 9.83. The summed E-state index contributed by atoms with van der Waals surface area (Å²) in [5.74, 6) is -0.580. The number of aromatic nitrogens is 1. The van der Waals surface area contributed by atoms with Crippen molar-refractivity contribution in [3.8, 4) is 5.69 Å². The Morgan fingerprint density at radius 3 is 1.85 bits per heavy atom. The van der Waals surface area contributed by atoms with E-state index in [1.54, 1.807) is 72.8 Å². The lowest BCUT2D eigenvalue weighted by Crippen LogP contribution is -2.32. The van der Waals surface area contributed by atoms with Gasteiger partial charge in [-0.15, -0.1) is 0 Å². The first-order valence-corrected chi connectivity index (χ1v) is 10.6. The van der Waals surface area contributed by atoms with Crippen LogP contribution in [0.25, 0.3) is 5.69 Å². The molecule has 4 rings (SSSR count). The Labute approximate surface area is 195 Å². The summed E-state index contributed by atoms with van der Waals surface area (Å²) in [4.78, 5) is 14.1. The number of carbonyl (C=O) groups excluding carboxylic acids is 1. The maximum atomic E-state index is 14.2. The molecule has 1 amide bonds. The Morgan fingerprint density at radius 2 is 1.35 bits per heavy atom. The average molecular weight is 464 g/mol. The normalized spacial score (nSPS) is 11.9. The smallest absolute Gasteiger partial charge is 0.375 e. The third kappa shape index (κ3) is 3.99. The third-order valence-corrected chi connectivity index (χ3v) is 5.72. The number of benzene rings is 3. The van der Waals surface area contributed by atoms with Crippen LogP contribution >= 0.6 is 0 Å². The molecule has 1 aromatic heterocycles. The monoisotopic (exact) mass is 464 g/mol. The molecule has 174 valence electrons. The lowest BCUT2D eigenvalue weighted by Gasteiger charge is -2.32. The van der Waals surface area contributed by atoms with Gasteiger partial charge in [0.05, 0.1) is 22.5 Å². The maximum absolute atomic E-state index is 14.2. The van der Waals surface area contributed by atoms with E-state index in [2.05, 4.69) is 0 Å². The molecule has 34 heavy (non-hydrogen) atoms. The second-order valence-electron chi connectivity index (χ2n) is 8.10. The van der Waals surface area contributed by atoms with Crippen LogP contribution in [0.1, 0.15) is 32.7 Å². The largest absolute Gasteiger partial charge is 0.418 e. The van der Waals surface area contributed by atoms with Gasteiger partial charge in [-0.1, -0.05) is 66.7 Å². The fraction of sp³-hybridized carbons (Fsp3) is 0.148. The molecule has 0 spiro atoms. The van der Waals surface area contributed by atoms with E-state index >= 15 is 0 Å². The molecule has 0 aliphatic carbocycles. The van der Waals surface area contributed by atoms with Crippen LogP contribution in [0.15, 0.2) is 97.2 Å². The van der Waals surface area contributed by atoms with Gasteiger partial charge >= 0.3 is 6.18 Å². The molecule has 1 N–H and O–H groups in total. The SMILES string of the molecule is CN(C)C(=O)c1cccc(C(F)(F)F)c1-n1cccc1C(O)(c1ccccc1)c1ccccc1. The van der Waals surface area contributed by atoms with Gasteiger partial charge in [0, 0.05) is 20.3 Å². The Kier molecular flexibility index (Phi) is 6.06. The molecule has 0 aliphatic rings. The van der Waals surface area contributed by atoms with E-state index in [1.165, 1.54) is 41.9 Å². The zero-order valence-electron chi connectivity index (χ0n) is 18.6. The summed E-state index contributed by atoms with van der Waals surface area (Å²) in [6.07, 6.45) is -3.29. The fourth-order valence-electron chi connectivity index (χ4n) is 4.14. The van der Waals surface area contributed by atoms with Gasteiger partial charge in [-0.25, -0.2) is 0 Å². The van der Waals surface area contributed by atoms with E-state index in [0.29, 0.717) is 11.1 Å². The number of nitrogens with zero attached hydrogens (tertiary/aromatic N) is 2. The van der Waals surface area contributed by atoms with Crippen molar-refractivity contribution < 1.29 is 23.1 Å². The van der Waals surface area contributed by atoms with E-state index in [0.717, 1.165) is 6.07 Å². The van der Waals surface area contributed by atoms with E-state index in [1.807, 2.05) is 0 Å². The van der Waals surface area contributed by atoms with Crippen molar-refractivity contribution in [2.24, 2.45) is 0 Å². The Morgan fingerprint density at radius 1 is 0.794 bits per heavy atom. The van der Waals surface area contributed by atoms with Crippen molar-refractivity contribution in [1.82, 2.24) is 9.47 Å². The highest BCUT2D eigenvalue weighted by molar-refractivity contribution is 5.98. The molecule has 7 heteroatoms. The second-order valence-corrected chi connectivity index (χ2v) is 8.10. The Bertz CT molecular complexity index is 1260. The van der Waals surface area contributed by atoms with Crippen molar-refractivity contribution in [2.45, 2.75) is 11.8 Å². The molecule has 0 saturated carbocycles. The van der Waals surface area contributed by atoms with Crippen LogP contribution in [0.2, 0.25) is 0 Å². The minimum Gasteiger partial charge on any atom is -0.375 e. The topological polar surface area (TPSA) is 45.5 Å². The highest BCUT2D eigenvalue weighted by atomic mass is 19.4. The first kappa shape index (κ1) is 23.3. The molecule has 0 atom stereocenters. The number of aliphatic hydroxyl groups is 1. The lowest BCUT2D eigenvalue weighted by molar-refractivity contribution is -0.137. The quantitative estimate of drug-likeness (QED) is 0.425. The van der Waals surface area contributed by atoms with Crippen LogP contribution in [0.5, 0.6) is 0 Å². The first-order chi connectivity index (χ1) is 16.2. The molecule has 0 radical (unpaired) electrons. The predicted molar refractivity (Wildman–Crippen MR) is 124 cm³/mol. The highest BCUT2D eigenvalue weighted by Crippen LogP contribution is 2.41. The van der Waals surface area contributed by atoms with Crippen molar-refractivity contribution in [3.63, 3.8) is 0 Å². The van der Waals surface area contributed by atoms with Gasteiger partial charge in [-0.05, 0) is 35.4 Å². The summed E-state index contributed by atoms with van der Waals surface area (Å²) in [6.45, 7) is 0. The van der Waals surface area contributed by atoms with Crippen LogP contribution in [0.4, 0.5) is 13.2 Å². The molecule has 3 aromatic carbocycles. The number of hydrogen-bond donors (Lipinski definition) is 1. The molecular weight excluding hydrogens is 441 g/mol. The van der Waals surface area contributed by atoms with Crippen molar-refractivity contribution in [1.29, 1.82) is 0 Å². The minimum absolute atomic E-state index is 0.124. The highest BCUT2D eigenvalue weighted by Gasteiger charge is 2.40. The molecule has 0 unspecified atom stereocenters. The van der Waals surface area contributed by atoms with Crippen LogP contribution in [0.3, 0.4) is 0 Å². The van der Waals surface area contributed by atoms with Gasteiger partial charge in [0.2, 0.25) is 0 Å². The zero-order chi connectivity index (χ0) is 24.5. The number of para-hydroxylation sites is 1. The molecule has 4 aromatic rings. The molecule has 1 heterocycles. The van der Waals surface area contributed by atoms with Gasteiger partial charge in [0.25, 0.3) is 5.91 Å². The maximum Gasteiger partial charge on any atom is 0.418 e. The zero-order valence-corrected chi connectivity index (χ0v) is 18.6. The molecule has 0 saturated heterocycles. The molecule has 0 bridgehead atoms. The van der Waals surface area contributed by atoms with Crippen LogP contribution < -0.4 is 0 Å². The number of alkyl halides is 3. The Hall–Kier alpha value is -3.84. The predicted octanol–water partition coefficient (Wildman–Crippen LogP) is 5.48. The molecular formula is C27H23F3N2O2. The van der Waals surface area contributed by atoms with Gasteiger partial charge in [-0.3, -0.25) is 4.79 Å². The van der Waals surface area contributed by atoms with E-state index in [-0.39, 0.29) is 16.9 Å². The van der Waals surface area contributed by atoms with Crippen LogP contribution in [-0.4, -0.2) is 34.6 Å². The van der Waals surface area contributed by atoms with Crippen molar-refractivity contribution in [3.05, 3.63) is 125 Å². The van der Waals surface area contributed by atoms with Gasteiger partial charge in [0.1, 0.15) is 0 Å². The van der Waals surface area contributed by atoms with Gasteiger partial charge in [-0.2, -0.15) is 13.2 Å². The van der Waals surface area contributed by atoms with E-state index in [4.69, 9.17) is 0 Å². The van der Waals surface area contributed by atoms with Gasteiger partial charge < -0.3 is 14.6 Å². The van der Waals surface area contributed by atoms with Crippen LogP contribution in [-0.2, 0) is 11.8 Å². The van der Waals surface area contributed by atoms with Gasteiger partial charge in [0.15, 0.2) is 5.60 Å². The number of rotatable bonds is 5. The van der Waals surface area contributed by atoms with Crippen molar-refractivity contribution >= 4 is 5.91 Å². The van der Waals surface area contributed by atoms with Crippen LogP contribution in [0, 0.1) is 0 Å². The number of halogens is 3. The third-order valence-electron chi connectivity index (χ3n) is 5.72. The Balaban J connectivity index is 2.07. The molecule has 0 fully saturated rings. The van der Waals surface area contributed by atoms with Crippen molar-refractivity contribution in [2.75, 3.05) is 14.1 Å². The number of hydrogen-bond acceptors (Lipinski definition) is 2. The number of carbonyl (C=O) groups is 1. The minimum atomic E-state index is -4.73. The summed E-state index contributed by atoms with van der Waals surface area (Å²) in [5, 5.41) is 12.2. The summed E-state index contributed by atoms with van der Waals surface area (Å²) in [7, 11) is 2.96. The second kappa shape index (κ2) is 8.83. The van der Waals surface area contributed by atoms with E-state index in [9.17, 15) is 23.1 Å². The molecule has 0 aliphatic heterocycles. The summed E-state index contributed by atoms with van der Waals surface area (Å²) < 4.78 is 43.7. The average Bonchev–Trinajstić information content (AvgIpc) is 3.33. The number of amides is 1. The first-order valence-electron chi connectivity index (χ1n) is 10.6. The summed E-state index contributed by atoms with van der Waals surface area (Å²) in [6, 6.07) is 24.1. The van der Waals surface area contributed by atoms with E-state index < -0.39 is 23.2 Å². The standard InChI is InChI=1S/C27H23F3N2O2/c1-31(2)25(33)21-15-9-16-22(27(28,29)30)24(21)32-18-10-17-23(32)26(34,19-11-5-3-6-12-19)20-13-7-4-8-14-20/h3-18,34H,1-2H3. The summed E-state index contributed by atoms with van der Waals surface area (Å²) in [5.41, 5.74) is -2.09. The summed E-state index contributed by atoms with van der Waals surface area (Å²) >= 11 is 0.